The molecule has 1 aromatic carbocycles. The lowest BCUT2D eigenvalue weighted by Gasteiger charge is -2.25. The molecule has 0 spiro atoms. The highest BCUT2D eigenvalue weighted by Crippen LogP contribution is 2.35. The molecule has 2 aromatic rings. The van der Waals surface area contributed by atoms with Crippen LogP contribution in [0.1, 0.15) is 25.8 Å². The number of ether oxygens (including phenoxy) is 2. The number of aromatic nitrogens is 3. The van der Waals surface area contributed by atoms with E-state index < -0.39 is 18.0 Å². The van der Waals surface area contributed by atoms with Crippen molar-refractivity contribution in [2.24, 2.45) is 7.05 Å². The van der Waals surface area contributed by atoms with Gasteiger partial charge >= 0.3 is 6.03 Å². The van der Waals surface area contributed by atoms with Crippen molar-refractivity contribution in [3.63, 3.8) is 0 Å². The number of carbonyl (C=O) groups excluding carboxylic acids is 2. The Morgan fingerprint density at radius 1 is 1.30 bits per heavy atom. The summed E-state index contributed by atoms with van der Waals surface area (Å²) in [5.41, 5.74) is 0. The number of hydrogen-bond donors (Lipinski definition) is 2. The molecule has 144 valence electrons. The Labute approximate surface area is 160 Å². The minimum atomic E-state index is -0.513. The molecule has 27 heavy (non-hydrogen) atoms. The van der Waals surface area contributed by atoms with E-state index in [1.54, 1.807) is 11.6 Å². The van der Waals surface area contributed by atoms with Crippen LogP contribution in [0.2, 0.25) is 0 Å². The normalized spacial score (nSPS) is 15.5. The van der Waals surface area contributed by atoms with Gasteiger partial charge in [-0.25, -0.2) is 4.79 Å². The second-order valence-corrected chi connectivity index (χ2v) is 7.17. The topological polar surface area (TPSA) is 107 Å². The summed E-state index contributed by atoms with van der Waals surface area (Å²) >= 11 is 1.19. The number of nitrogens with zero attached hydrogens (tertiary/aromatic N) is 3. The molecule has 0 saturated heterocycles. The van der Waals surface area contributed by atoms with E-state index in [2.05, 4.69) is 20.8 Å². The first kappa shape index (κ1) is 19.0. The van der Waals surface area contributed by atoms with Crippen LogP contribution >= 0.6 is 11.8 Å². The van der Waals surface area contributed by atoms with Crippen LogP contribution in [0.5, 0.6) is 11.5 Å². The number of hydrogen-bond acceptors (Lipinski definition) is 7. The van der Waals surface area contributed by atoms with E-state index in [0.29, 0.717) is 29.1 Å². The maximum Gasteiger partial charge on any atom is 0.321 e. The average molecular weight is 391 g/mol. The molecule has 1 aromatic heterocycles. The lowest BCUT2D eigenvalue weighted by Crippen LogP contribution is -2.43. The molecule has 3 rings (SSSR count). The lowest BCUT2D eigenvalue weighted by molar-refractivity contribution is -0.117. The Bertz CT molecular complexity index is 838. The first-order chi connectivity index (χ1) is 12.9. The highest BCUT2D eigenvalue weighted by molar-refractivity contribution is 7.99. The van der Waals surface area contributed by atoms with Crippen molar-refractivity contribution in [2.45, 2.75) is 31.1 Å². The number of fused-ring (bicyclic) bond motifs is 1. The smallest absolute Gasteiger partial charge is 0.321 e. The summed E-state index contributed by atoms with van der Waals surface area (Å²) in [7, 11) is 1.80. The van der Waals surface area contributed by atoms with E-state index in [-0.39, 0.29) is 11.8 Å². The van der Waals surface area contributed by atoms with Gasteiger partial charge in [0.15, 0.2) is 28.6 Å². The van der Waals surface area contributed by atoms with Crippen LogP contribution < -0.4 is 20.1 Å². The van der Waals surface area contributed by atoms with Gasteiger partial charge in [-0.15, -0.1) is 10.2 Å². The third-order valence-corrected chi connectivity index (χ3v) is 4.69. The molecule has 0 unspecified atom stereocenters. The van der Waals surface area contributed by atoms with E-state index in [1.165, 1.54) is 11.8 Å². The number of urea groups is 1. The zero-order valence-corrected chi connectivity index (χ0v) is 16.1. The average Bonchev–Trinajstić information content (AvgIpc) is 2.99. The van der Waals surface area contributed by atoms with Gasteiger partial charge < -0.3 is 19.4 Å². The summed E-state index contributed by atoms with van der Waals surface area (Å²) in [5.74, 6) is 1.59. The monoisotopic (exact) mass is 391 g/mol. The number of carbonyl (C=O) groups is 2. The van der Waals surface area contributed by atoms with Crippen LogP contribution in [-0.2, 0) is 11.8 Å². The molecule has 0 radical (unpaired) electrons. The summed E-state index contributed by atoms with van der Waals surface area (Å²) < 4.78 is 13.4. The SMILES string of the molecule is CC(C)NC(=O)NC(=O)CSc1nnc([C@H]2COc3ccccc3O2)n1C. The summed E-state index contributed by atoms with van der Waals surface area (Å²) in [6, 6.07) is 6.87. The minimum absolute atomic E-state index is 0.0440. The Hall–Kier alpha value is -2.75. The van der Waals surface area contributed by atoms with E-state index in [0.717, 1.165) is 0 Å². The molecule has 0 fully saturated rings. The molecule has 1 aliphatic rings. The van der Waals surface area contributed by atoms with Gasteiger partial charge in [-0.3, -0.25) is 10.1 Å². The van der Waals surface area contributed by atoms with Gasteiger partial charge in [0.1, 0.15) is 6.61 Å². The fourth-order valence-electron chi connectivity index (χ4n) is 2.47. The fraction of sp³-hybridized carbons (Fsp3) is 0.412. The Morgan fingerprint density at radius 2 is 2.04 bits per heavy atom. The van der Waals surface area contributed by atoms with Gasteiger partial charge in [0.2, 0.25) is 5.91 Å². The van der Waals surface area contributed by atoms with Crippen molar-refractivity contribution in [3.8, 4) is 11.5 Å². The number of rotatable bonds is 5. The van der Waals surface area contributed by atoms with Crippen LogP contribution in [0.3, 0.4) is 0 Å². The molecule has 3 amide bonds. The van der Waals surface area contributed by atoms with Gasteiger partial charge in [-0.1, -0.05) is 23.9 Å². The molecule has 1 atom stereocenters. The van der Waals surface area contributed by atoms with E-state index in [1.807, 2.05) is 38.1 Å². The van der Waals surface area contributed by atoms with Gasteiger partial charge in [0, 0.05) is 13.1 Å². The summed E-state index contributed by atoms with van der Waals surface area (Å²) in [6.07, 6.45) is -0.391. The number of amides is 3. The third-order valence-electron chi connectivity index (χ3n) is 3.67. The van der Waals surface area contributed by atoms with Crippen LogP contribution in [-0.4, -0.2) is 45.1 Å². The summed E-state index contributed by atoms with van der Waals surface area (Å²) in [6.45, 7) is 3.95. The largest absolute Gasteiger partial charge is 0.485 e. The van der Waals surface area contributed by atoms with Gasteiger partial charge in [-0.05, 0) is 26.0 Å². The molecule has 2 heterocycles. The van der Waals surface area contributed by atoms with E-state index >= 15 is 0 Å². The Morgan fingerprint density at radius 3 is 2.78 bits per heavy atom. The zero-order chi connectivity index (χ0) is 19.4. The molecule has 10 heteroatoms. The number of imide groups is 1. The van der Waals surface area contributed by atoms with Gasteiger partial charge in [0.05, 0.1) is 5.75 Å². The fourth-order valence-corrected chi connectivity index (χ4v) is 3.19. The van der Waals surface area contributed by atoms with Gasteiger partial charge in [0.25, 0.3) is 0 Å². The zero-order valence-electron chi connectivity index (χ0n) is 15.3. The predicted octanol–water partition coefficient (Wildman–Crippen LogP) is 1.65. The van der Waals surface area contributed by atoms with Gasteiger partial charge in [-0.2, -0.15) is 0 Å². The highest BCUT2D eigenvalue weighted by Gasteiger charge is 2.27. The molecule has 2 N–H and O–H groups in total. The van der Waals surface area contributed by atoms with E-state index in [4.69, 9.17) is 9.47 Å². The molecule has 0 bridgehead atoms. The van der Waals surface area contributed by atoms with Crippen molar-refractivity contribution in [2.75, 3.05) is 12.4 Å². The molecular weight excluding hydrogens is 370 g/mol. The van der Waals surface area contributed by atoms with Crippen molar-refractivity contribution in [1.29, 1.82) is 0 Å². The minimum Gasteiger partial charge on any atom is -0.485 e. The first-order valence-corrected chi connectivity index (χ1v) is 9.43. The molecule has 1 aliphatic heterocycles. The van der Waals surface area contributed by atoms with Crippen LogP contribution in [0.15, 0.2) is 29.4 Å². The maximum atomic E-state index is 11.9. The van der Waals surface area contributed by atoms with Crippen molar-refractivity contribution >= 4 is 23.7 Å². The van der Waals surface area contributed by atoms with E-state index in [9.17, 15) is 9.59 Å². The van der Waals surface area contributed by atoms with Crippen molar-refractivity contribution in [1.82, 2.24) is 25.4 Å². The summed E-state index contributed by atoms with van der Waals surface area (Å²) in [5, 5.41) is 13.7. The van der Waals surface area contributed by atoms with Crippen LogP contribution in [0.25, 0.3) is 0 Å². The summed E-state index contributed by atoms with van der Waals surface area (Å²) in [4.78, 5) is 23.4. The molecule has 0 saturated carbocycles. The predicted molar refractivity (Wildman–Crippen MR) is 98.8 cm³/mol. The second kappa shape index (κ2) is 8.30. The first-order valence-electron chi connectivity index (χ1n) is 8.45. The highest BCUT2D eigenvalue weighted by atomic mass is 32.2. The third kappa shape index (κ3) is 4.70. The van der Waals surface area contributed by atoms with Crippen LogP contribution in [0, 0.1) is 0 Å². The van der Waals surface area contributed by atoms with Crippen LogP contribution in [0.4, 0.5) is 4.79 Å². The van der Waals surface area contributed by atoms with Crippen molar-refractivity contribution < 1.29 is 19.1 Å². The number of para-hydroxylation sites is 2. The molecular formula is C17H21N5O4S. The Kier molecular flexibility index (Phi) is 5.84. The number of nitrogens with one attached hydrogen (secondary N) is 2. The second-order valence-electron chi connectivity index (χ2n) is 6.23. The Balaban J connectivity index is 1.58. The maximum absolute atomic E-state index is 11.9. The molecule has 9 nitrogen and oxygen atoms in total. The number of benzene rings is 1. The number of thioether (sulfide) groups is 1. The van der Waals surface area contributed by atoms with Crippen molar-refractivity contribution in [3.05, 3.63) is 30.1 Å². The standard InChI is InChI=1S/C17H21N5O4S/c1-10(2)18-16(24)19-14(23)9-27-17-21-20-15(22(17)3)13-8-25-11-6-4-5-7-12(11)26-13/h4-7,10,13H,8-9H2,1-3H3,(H2,18,19,23,24)/t13-/m1/s1. The molecule has 0 aliphatic carbocycles. The quantitative estimate of drug-likeness (QED) is 0.746. The lowest BCUT2D eigenvalue weighted by atomic mass is 10.2.